The summed E-state index contributed by atoms with van der Waals surface area (Å²) in [5, 5.41) is 0.252. The van der Waals surface area contributed by atoms with Gasteiger partial charge < -0.3 is 5.73 Å². The molecule has 1 aliphatic heterocycles. The van der Waals surface area contributed by atoms with Gasteiger partial charge in [-0.15, -0.1) is 12.4 Å². The van der Waals surface area contributed by atoms with Crippen molar-refractivity contribution < 1.29 is 8.42 Å². The van der Waals surface area contributed by atoms with Gasteiger partial charge in [0.1, 0.15) is 4.90 Å². The van der Waals surface area contributed by atoms with Crippen LogP contribution in [0.25, 0.3) is 0 Å². The largest absolute Gasteiger partial charge is 0.326 e. The average molecular weight is 387 g/mol. The van der Waals surface area contributed by atoms with E-state index in [2.05, 4.69) is 0 Å². The van der Waals surface area contributed by atoms with Crippen molar-refractivity contribution in [3.63, 3.8) is 0 Å². The molecule has 2 aromatic carbocycles. The number of rotatable bonds is 3. The van der Waals surface area contributed by atoms with Crippen molar-refractivity contribution in [2.75, 3.05) is 13.1 Å². The number of sulfonamides is 1. The van der Waals surface area contributed by atoms with Crippen LogP contribution in [0.15, 0.2) is 53.4 Å². The Hall–Kier alpha value is -1.11. The van der Waals surface area contributed by atoms with Gasteiger partial charge in [-0.25, -0.2) is 8.42 Å². The minimum Gasteiger partial charge on any atom is -0.326 e. The third-order valence-corrected chi connectivity index (χ3v) is 6.58. The van der Waals surface area contributed by atoms with Gasteiger partial charge in [-0.1, -0.05) is 48.0 Å². The number of aryl methyl sites for hydroxylation is 1. The Labute approximate surface area is 154 Å². The van der Waals surface area contributed by atoms with Crippen LogP contribution in [0.1, 0.15) is 17.0 Å². The van der Waals surface area contributed by atoms with E-state index in [4.69, 9.17) is 17.3 Å². The molecule has 0 unspecified atom stereocenters. The molecule has 1 saturated heterocycles. The summed E-state index contributed by atoms with van der Waals surface area (Å²) in [5.74, 6) is -0.00445. The van der Waals surface area contributed by atoms with Gasteiger partial charge >= 0.3 is 0 Å². The smallest absolute Gasteiger partial charge is 0.244 e. The predicted molar refractivity (Wildman–Crippen MR) is 99.4 cm³/mol. The summed E-state index contributed by atoms with van der Waals surface area (Å²) >= 11 is 6.15. The van der Waals surface area contributed by atoms with Crippen molar-refractivity contribution in [1.82, 2.24) is 4.31 Å². The molecule has 1 aliphatic rings. The Balaban J connectivity index is 0.00000208. The highest BCUT2D eigenvalue weighted by molar-refractivity contribution is 7.89. The van der Waals surface area contributed by atoms with Crippen LogP contribution in [0, 0.1) is 6.92 Å². The van der Waals surface area contributed by atoms with Gasteiger partial charge in [0.2, 0.25) is 10.0 Å². The molecule has 0 saturated carbocycles. The van der Waals surface area contributed by atoms with Crippen LogP contribution in [0.2, 0.25) is 5.02 Å². The molecule has 0 aliphatic carbocycles. The summed E-state index contributed by atoms with van der Waals surface area (Å²) in [5.41, 5.74) is 8.19. The monoisotopic (exact) mass is 386 g/mol. The molecule has 4 nitrogen and oxygen atoms in total. The fourth-order valence-corrected chi connectivity index (χ4v) is 5.07. The first-order valence-electron chi connectivity index (χ1n) is 7.46. The Morgan fingerprint density at radius 1 is 1.12 bits per heavy atom. The molecule has 0 radical (unpaired) electrons. The van der Waals surface area contributed by atoms with Crippen LogP contribution in [0.3, 0.4) is 0 Å². The molecule has 1 fully saturated rings. The Kier molecular flexibility index (Phi) is 5.94. The highest BCUT2D eigenvalue weighted by Crippen LogP contribution is 2.32. The number of hydrogen-bond donors (Lipinski definition) is 1. The van der Waals surface area contributed by atoms with E-state index in [9.17, 15) is 8.42 Å². The molecular weight excluding hydrogens is 367 g/mol. The van der Waals surface area contributed by atoms with Crippen molar-refractivity contribution in [1.29, 1.82) is 0 Å². The Morgan fingerprint density at radius 3 is 2.42 bits per heavy atom. The number of halogens is 2. The lowest BCUT2D eigenvalue weighted by Crippen LogP contribution is -2.32. The zero-order chi connectivity index (χ0) is 16.6. The van der Waals surface area contributed by atoms with Gasteiger partial charge in [-0.2, -0.15) is 4.31 Å². The van der Waals surface area contributed by atoms with E-state index < -0.39 is 10.0 Å². The first-order chi connectivity index (χ1) is 10.9. The van der Waals surface area contributed by atoms with Crippen molar-refractivity contribution in [2.24, 2.45) is 5.73 Å². The van der Waals surface area contributed by atoms with E-state index in [-0.39, 0.29) is 34.3 Å². The third kappa shape index (κ3) is 3.60. The molecule has 0 bridgehead atoms. The number of nitrogens with zero attached hydrogens (tertiary/aromatic N) is 1. The second kappa shape index (κ2) is 7.42. The predicted octanol–water partition coefficient (Wildman–Crippen LogP) is 3.19. The van der Waals surface area contributed by atoms with E-state index in [1.807, 2.05) is 37.3 Å². The molecule has 0 amide bonds. The van der Waals surface area contributed by atoms with Gasteiger partial charge in [-0.3, -0.25) is 0 Å². The minimum atomic E-state index is -3.64. The molecule has 2 N–H and O–H groups in total. The van der Waals surface area contributed by atoms with Crippen LogP contribution < -0.4 is 5.73 Å². The lowest BCUT2D eigenvalue weighted by Gasteiger charge is -2.17. The van der Waals surface area contributed by atoms with Gasteiger partial charge in [0, 0.05) is 25.0 Å². The number of nitrogens with two attached hydrogens (primary N) is 1. The third-order valence-electron chi connectivity index (χ3n) is 4.26. The molecule has 7 heteroatoms. The van der Waals surface area contributed by atoms with Crippen molar-refractivity contribution >= 4 is 34.0 Å². The maximum atomic E-state index is 12.9. The topological polar surface area (TPSA) is 63.4 Å². The van der Waals surface area contributed by atoms with E-state index in [0.717, 1.165) is 11.1 Å². The standard InChI is InChI=1S/C17H19ClN2O2S.ClH/c1-12-7-8-17(15(18)9-12)23(21,22)20-10-14(16(19)11-20)13-5-3-2-4-6-13;/h2-9,14,16H,10-11,19H2,1H3;1H/t14-,16+;/m0./s1. The normalized spacial score (nSPS) is 21.5. The fraction of sp³-hybridized carbons (Fsp3) is 0.294. The highest BCUT2D eigenvalue weighted by atomic mass is 35.5. The second-order valence-corrected chi connectivity index (χ2v) is 8.25. The summed E-state index contributed by atoms with van der Waals surface area (Å²) in [6, 6.07) is 14.5. The second-order valence-electron chi connectivity index (χ2n) is 5.94. The zero-order valence-electron chi connectivity index (χ0n) is 13.2. The van der Waals surface area contributed by atoms with Gasteiger partial charge in [0.05, 0.1) is 5.02 Å². The van der Waals surface area contributed by atoms with E-state index in [0.29, 0.717) is 13.1 Å². The molecule has 0 spiro atoms. The van der Waals surface area contributed by atoms with Crippen molar-refractivity contribution in [3.8, 4) is 0 Å². The molecule has 3 rings (SSSR count). The maximum absolute atomic E-state index is 12.9. The minimum absolute atomic E-state index is 0. The van der Waals surface area contributed by atoms with Crippen LogP contribution in [-0.2, 0) is 10.0 Å². The Bertz CT molecular complexity index is 813. The van der Waals surface area contributed by atoms with Crippen LogP contribution >= 0.6 is 24.0 Å². The molecular formula is C17H20Cl2N2O2S. The van der Waals surface area contributed by atoms with Gasteiger partial charge in [0.15, 0.2) is 0 Å². The van der Waals surface area contributed by atoms with Crippen LogP contribution in [0.4, 0.5) is 0 Å². The lowest BCUT2D eigenvalue weighted by molar-refractivity contribution is 0.470. The first kappa shape index (κ1) is 19.2. The molecule has 130 valence electrons. The van der Waals surface area contributed by atoms with Crippen LogP contribution in [0.5, 0.6) is 0 Å². The molecule has 24 heavy (non-hydrogen) atoms. The number of benzene rings is 2. The number of hydrogen-bond acceptors (Lipinski definition) is 3. The maximum Gasteiger partial charge on any atom is 0.244 e. The zero-order valence-corrected chi connectivity index (χ0v) is 15.6. The lowest BCUT2D eigenvalue weighted by atomic mass is 9.95. The highest BCUT2D eigenvalue weighted by Gasteiger charge is 2.38. The van der Waals surface area contributed by atoms with Crippen molar-refractivity contribution in [2.45, 2.75) is 23.8 Å². The summed E-state index contributed by atoms with van der Waals surface area (Å²) < 4.78 is 27.2. The SMILES string of the molecule is Cc1ccc(S(=O)(=O)N2C[C@@H](N)[C@H](c3ccccc3)C2)c(Cl)c1.Cl. The molecule has 1 heterocycles. The summed E-state index contributed by atoms with van der Waals surface area (Å²) in [6.45, 7) is 2.54. The van der Waals surface area contributed by atoms with E-state index in [1.54, 1.807) is 18.2 Å². The van der Waals surface area contributed by atoms with Crippen molar-refractivity contribution in [3.05, 3.63) is 64.7 Å². The quantitative estimate of drug-likeness (QED) is 0.880. The molecule has 2 atom stereocenters. The van der Waals surface area contributed by atoms with Gasteiger partial charge in [0.25, 0.3) is 0 Å². The first-order valence-corrected chi connectivity index (χ1v) is 9.28. The molecule has 2 aromatic rings. The summed E-state index contributed by atoms with van der Waals surface area (Å²) in [6.07, 6.45) is 0. The summed E-state index contributed by atoms with van der Waals surface area (Å²) in [7, 11) is -3.64. The Morgan fingerprint density at radius 2 is 1.79 bits per heavy atom. The molecule has 0 aromatic heterocycles. The summed E-state index contributed by atoms with van der Waals surface area (Å²) in [4.78, 5) is 0.144. The van der Waals surface area contributed by atoms with E-state index in [1.165, 1.54) is 4.31 Å². The average Bonchev–Trinajstić information content (AvgIpc) is 2.90. The van der Waals surface area contributed by atoms with E-state index >= 15 is 0 Å². The van der Waals surface area contributed by atoms with Gasteiger partial charge in [-0.05, 0) is 30.2 Å². The van der Waals surface area contributed by atoms with Crippen LogP contribution in [-0.4, -0.2) is 31.9 Å². The fourth-order valence-electron chi connectivity index (χ4n) is 2.99.